The maximum atomic E-state index is 5.41. The first kappa shape index (κ1) is 13.2. The van der Waals surface area contributed by atoms with Gasteiger partial charge in [-0.15, -0.1) is 0 Å². The highest BCUT2D eigenvalue weighted by molar-refractivity contribution is 4.91. The molecule has 0 amide bonds. The van der Waals surface area contributed by atoms with Crippen molar-refractivity contribution >= 4 is 0 Å². The van der Waals surface area contributed by atoms with Crippen LogP contribution in [-0.4, -0.2) is 43.0 Å². The van der Waals surface area contributed by atoms with E-state index in [0.29, 0.717) is 19.8 Å². The number of nitrogens with zero attached hydrogens (tertiary/aromatic N) is 2. The highest BCUT2D eigenvalue weighted by Gasteiger charge is 2.01. The van der Waals surface area contributed by atoms with Gasteiger partial charge in [0, 0.05) is 26.0 Å². The summed E-state index contributed by atoms with van der Waals surface area (Å²) in [7, 11) is 1.67. The Morgan fingerprint density at radius 3 is 3.00 bits per heavy atom. The van der Waals surface area contributed by atoms with Crippen molar-refractivity contribution in [2.24, 2.45) is 0 Å². The molecule has 1 heterocycles. The van der Waals surface area contributed by atoms with Crippen LogP contribution in [0.25, 0.3) is 0 Å². The second-order valence-electron chi connectivity index (χ2n) is 3.42. The normalized spacial score (nSPS) is 10.9. The number of imidazole rings is 1. The van der Waals surface area contributed by atoms with Crippen LogP contribution in [0.3, 0.4) is 0 Å². The lowest BCUT2D eigenvalue weighted by Crippen LogP contribution is -2.18. The predicted octanol–water partition coefficient (Wildman–Crippen LogP) is 0.656. The molecule has 0 radical (unpaired) electrons. The van der Waals surface area contributed by atoms with E-state index in [1.165, 1.54) is 0 Å². The van der Waals surface area contributed by atoms with E-state index < -0.39 is 0 Å². The molecular formula is C11H21N3O2. The third kappa shape index (κ3) is 4.74. The summed E-state index contributed by atoms with van der Waals surface area (Å²) < 4.78 is 12.4. The Labute approximate surface area is 96.8 Å². The maximum absolute atomic E-state index is 5.41. The Hall–Kier alpha value is -0.910. The predicted molar refractivity (Wildman–Crippen MR) is 62.3 cm³/mol. The number of ether oxygens (including phenoxy) is 2. The third-order valence-electron chi connectivity index (χ3n) is 2.24. The fourth-order valence-corrected chi connectivity index (χ4v) is 1.35. The van der Waals surface area contributed by atoms with Crippen LogP contribution in [0.5, 0.6) is 0 Å². The van der Waals surface area contributed by atoms with Gasteiger partial charge in [0.2, 0.25) is 0 Å². The molecule has 0 aliphatic heterocycles. The van der Waals surface area contributed by atoms with Crippen molar-refractivity contribution in [1.82, 2.24) is 14.9 Å². The molecule has 0 atom stereocenters. The molecule has 0 bridgehead atoms. The topological polar surface area (TPSA) is 48.3 Å². The lowest BCUT2D eigenvalue weighted by atomic mass is 10.5. The highest BCUT2D eigenvalue weighted by Crippen LogP contribution is 1.97. The van der Waals surface area contributed by atoms with Crippen molar-refractivity contribution in [3.63, 3.8) is 0 Å². The van der Waals surface area contributed by atoms with Crippen LogP contribution in [0.1, 0.15) is 12.7 Å². The first-order chi connectivity index (χ1) is 7.88. The summed E-state index contributed by atoms with van der Waals surface area (Å²) >= 11 is 0. The quantitative estimate of drug-likeness (QED) is 0.629. The summed E-state index contributed by atoms with van der Waals surface area (Å²) in [5.41, 5.74) is 0. The van der Waals surface area contributed by atoms with Crippen LogP contribution in [0.2, 0.25) is 0 Å². The van der Waals surface area contributed by atoms with Gasteiger partial charge in [0.25, 0.3) is 0 Å². The number of rotatable bonds is 9. The van der Waals surface area contributed by atoms with Crippen LogP contribution in [-0.2, 0) is 22.6 Å². The van der Waals surface area contributed by atoms with E-state index in [1.807, 2.05) is 12.4 Å². The van der Waals surface area contributed by atoms with Gasteiger partial charge in [-0.05, 0) is 6.54 Å². The summed E-state index contributed by atoms with van der Waals surface area (Å²) in [6.45, 7) is 6.67. The zero-order valence-corrected chi connectivity index (χ0v) is 10.1. The zero-order valence-electron chi connectivity index (χ0n) is 10.1. The van der Waals surface area contributed by atoms with Gasteiger partial charge in [0.05, 0.1) is 26.4 Å². The molecular weight excluding hydrogens is 206 g/mol. The van der Waals surface area contributed by atoms with Crippen molar-refractivity contribution in [2.75, 3.05) is 33.5 Å². The minimum absolute atomic E-state index is 0.647. The van der Waals surface area contributed by atoms with Gasteiger partial charge in [-0.25, -0.2) is 4.98 Å². The van der Waals surface area contributed by atoms with Crippen LogP contribution >= 0.6 is 0 Å². The summed E-state index contributed by atoms with van der Waals surface area (Å²) in [5.74, 6) is 1.05. The molecule has 5 nitrogen and oxygen atoms in total. The summed E-state index contributed by atoms with van der Waals surface area (Å²) in [6, 6.07) is 0. The molecule has 16 heavy (non-hydrogen) atoms. The van der Waals surface area contributed by atoms with Gasteiger partial charge in [-0.3, -0.25) is 0 Å². The fourth-order valence-electron chi connectivity index (χ4n) is 1.35. The molecule has 0 aliphatic carbocycles. The monoisotopic (exact) mass is 227 g/mol. The molecule has 0 spiro atoms. The van der Waals surface area contributed by atoms with E-state index in [2.05, 4.69) is 21.8 Å². The number of hydrogen-bond acceptors (Lipinski definition) is 4. The lowest BCUT2D eigenvalue weighted by molar-refractivity contribution is 0.0663. The van der Waals surface area contributed by atoms with Crippen molar-refractivity contribution in [2.45, 2.75) is 20.0 Å². The second-order valence-corrected chi connectivity index (χ2v) is 3.42. The first-order valence-electron chi connectivity index (χ1n) is 5.66. The van der Waals surface area contributed by atoms with Crippen LogP contribution in [0, 0.1) is 0 Å². The largest absolute Gasteiger partial charge is 0.382 e. The molecule has 5 heteroatoms. The standard InChI is InChI=1S/C11H21N3O2/c1-3-12-10-11-13-4-5-14(11)6-7-16-9-8-15-2/h4-5,12H,3,6-10H2,1-2H3. The van der Waals surface area contributed by atoms with Crippen molar-refractivity contribution in [3.8, 4) is 0 Å². The molecule has 0 saturated heterocycles. The van der Waals surface area contributed by atoms with E-state index in [-0.39, 0.29) is 0 Å². The average Bonchev–Trinajstić information content (AvgIpc) is 2.74. The first-order valence-corrected chi connectivity index (χ1v) is 5.66. The lowest BCUT2D eigenvalue weighted by Gasteiger charge is -2.08. The number of methoxy groups -OCH3 is 1. The Morgan fingerprint density at radius 2 is 2.25 bits per heavy atom. The van der Waals surface area contributed by atoms with Gasteiger partial charge in [-0.1, -0.05) is 6.92 Å². The molecule has 1 aromatic heterocycles. The Morgan fingerprint density at radius 1 is 1.38 bits per heavy atom. The third-order valence-corrected chi connectivity index (χ3v) is 2.24. The molecule has 0 aromatic carbocycles. The molecule has 92 valence electrons. The van der Waals surface area contributed by atoms with Gasteiger partial charge in [0.1, 0.15) is 5.82 Å². The minimum Gasteiger partial charge on any atom is -0.382 e. The van der Waals surface area contributed by atoms with E-state index in [1.54, 1.807) is 7.11 Å². The molecule has 1 rings (SSSR count). The van der Waals surface area contributed by atoms with E-state index in [9.17, 15) is 0 Å². The highest BCUT2D eigenvalue weighted by atomic mass is 16.5. The number of hydrogen-bond donors (Lipinski definition) is 1. The van der Waals surface area contributed by atoms with Crippen LogP contribution < -0.4 is 5.32 Å². The smallest absolute Gasteiger partial charge is 0.122 e. The van der Waals surface area contributed by atoms with E-state index in [0.717, 1.165) is 25.5 Å². The minimum atomic E-state index is 0.647. The van der Waals surface area contributed by atoms with E-state index >= 15 is 0 Å². The van der Waals surface area contributed by atoms with Crippen molar-refractivity contribution < 1.29 is 9.47 Å². The van der Waals surface area contributed by atoms with Crippen LogP contribution in [0.4, 0.5) is 0 Å². The van der Waals surface area contributed by atoms with Gasteiger partial charge >= 0.3 is 0 Å². The number of aromatic nitrogens is 2. The fraction of sp³-hybridized carbons (Fsp3) is 0.727. The average molecular weight is 227 g/mol. The molecule has 1 aromatic rings. The zero-order chi connectivity index (χ0) is 11.6. The molecule has 0 saturated carbocycles. The Balaban J connectivity index is 2.22. The summed E-state index contributed by atoms with van der Waals surface area (Å²) in [6.07, 6.45) is 3.80. The van der Waals surface area contributed by atoms with Gasteiger partial charge in [-0.2, -0.15) is 0 Å². The molecule has 1 N–H and O–H groups in total. The molecule has 0 aliphatic rings. The SMILES string of the molecule is CCNCc1nccn1CCOCCOC. The Kier molecular flexibility index (Phi) is 6.80. The van der Waals surface area contributed by atoms with Gasteiger partial charge < -0.3 is 19.4 Å². The van der Waals surface area contributed by atoms with E-state index in [4.69, 9.17) is 9.47 Å². The van der Waals surface area contributed by atoms with Crippen LogP contribution in [0.15, 0.2) is 12.4 Å². The van der Waals surface area contributed by atoms with Crippen molar-refractivity contribution in [1.29, 1.82) is 0 Å². The maximum Gasteiger partial charge on any atom is 0.122 e. The Bertz CT molecular complexity index is 276. The molecule has 0 fully saturated rings. The van der Waals surface area contributed by atoms with Gasteiger partial charge in [0.15, 0.2) is 0 Å². The summed E-state index contributed by atoms with van der Waals surface area (Å²) in [4.78, 5) is 4.29. The summed E-state index contributed by atoms with van der Waals surface area (Å²) in [5, 5.41) is 3.26. The number of nitrogens with one attached hydrogen (secondary N) is 1. The molecule has 0 unspecified atom stereocenters. The second kappa shape index (κ2) is 8.27. The van der Waals surface area contributed by atoms with Crippen molar-refractivity contribution in [3.05, 3.63) is 18.2 Å².